The van der Waals surface area contributed by atoms with Crippen molar-refractivity contribution in [3.8, 4) is 0 Å². The summed E-state index contributed by atoms with van der Waals surface area (Å²) in [6, 6.07) is 0. The maximum absolute atomic E-state index is 12.2. The van der Waals surface area contributed by atoms with Crippen LogP contribution in [0.4, 0.5) is 0 Å². The summed E-state index contributed by atoms with van der Waals surface area (Å²) in [6.07, 6.45) is 35.3. The van der Waals surface area contributed by atoms with Gasteiger partial charge in [0.25, 0.3) is 5.91 Å². The van der Waals surface area contributed by atoms with Gasteiger partial charge in [-0.2, -0.15) is 5.10 Å². The van der Waals surface area contributed by atoms with Crippen LogP contribution >= 0.6 is 0 Å². The van der Waals surface area contributed by atoms with Gasteiger partial charge in [0.1, 0.15) is 6.33 Å². The molecule has 1 aliphatic heterocycles. The van der Waals surface area contributed by atoms with Crippen molar-refractivity contribution in [1.82, 2.24) is 15.2 Å². The largest absolute Gasteiger partial charge is 0.469 e. The number of nitrogens with two attached hydrogens (primary N) is 1. The van der Waals surface area contributed by atoms with E-state index in [1.165, 1.54) is 155 Å². The Bertz CT molecular complexity index is 1010. The van der Waals surface area contributed by atoms with Gasteiger partial charge in [-0.1, -0.05) is 175 Å². The van der Waals surface area contributed by atoms with Crippen LogP contribution in [0, 0.1) is 0 Å². The molecule has 0 saturated carbocycles. The summed E-state index contributed by atoms with van der Waals surface area (Å²) >= 11 is 0. The van der Waals surface area contributed by atoms with E-state index in [0.29, 0.717) is 32.5 Å². The van der Waals surface area contributed by atoms with Crippen molar-refractivity contribution < 1.29 is 38.1 Å². The summed E-state index contributed by atoms with van der Waals surface area (Å²) in [5, 5.41) is 5.71. The van der Waals surface area contributed by atoms with E-state index < -0.39 is 18.1 Å². The van der Waals surface area contributed by atoms with Crippen LogP contribution < -0.4 is 5.73 Å². The predicted octanol–water partition coefficient (Wildman–Crippen LogP) is 10.7. The molecule has 1 aromatic rings. The molecule has 12 heteroatoms. The molecule has 12 nitrogen and oxygen atoms in total. The maximum atomic E-state index is 12.2. The molecule has 0 spiro atoms. The number of aromatic nitrogens is 3. The average Bonchev–Trinajstić information content (AvgIpc) is 3.89. The number of rotatable bonds is 33. The van der Waals surface area contributed by atoms with Crippen LogP contribution in [0.2, 0.25) is 0 Å². The number of ether oxygens (including phenoxy) is 4. The second-order valence-corrected chi connectivity index (χ2v) is 15.1. The Morgan fingerprint density at radius 1 is 0.571 bits per heavy atom. The van der Waals surface area contributed by atoms with Crippen molar-refractivity contribution in [3.63, 3.8) is 0 Å². The molecule has 56 heavy (non-hydrogen) atoms. The standard InChI is InChI=1S/C28H52O5.C13H26O2.C3H4N4O/c1-3-5-7-9-11-13-15-17-19-21-27(29)32-25-23-31-24-26(25)33-28(30)22-20-18-16-14-12-10-8-6-4-2;1-3-4-5-6-7-8-9-10-11-12-13(14)15-2;4-2(8)3-5-1-6-7-3/h25-26H,3-24H2,1-2H3;3-12H2,1-2H3;1H,(H2,4,8)(H,5,6,7). The van der Waals surface area contributed by atoms with Crippen molar-refractivity contribution >= 4 is 23.8 Å². The normalized spacial score (nSPS) is 14.6. The third kappa shape index (κ3) is 34.2. The fraction of sp³-hybridized carbons (Fsp3) is 0.864. The number of H-pyrrole nitrogens is 1. The molecule has 2 unspecified atom stereocenters. The number of nitrogens with one attached hydrogen (secondary N) is 1. The number of nitrogens with zero attached hydrogens (tertiary/aromatic N) is 2. The zero-order chi connectivity index (χ0) is 41.3. The molecule has 0 aliphatic carbocycles. The van der Waals surface area contributed by atoms with Crippen molar-refractivity contribution in [2.45, 2.75) is 226 Å². The van der Waals surface area contributed by atoms with Gasteiger partial charge in [-0.15, -0.1) is 0 Å². The van der Waals surface area contributed by atoms with Gasteiger partial charge in [0.15, 0.2) is 12.2 Å². The summed E-state index contributed by atoms with van der Waals surface area (Å²) in [5.41, 5.74) is 4.79. The zero-order valence-corrected chi connectivity index (χ0v) is 36.1. The van der Waals surface area contributed by atoms with E-state index in [9.17, 15) is 19.2 Å². The highest BCUT2D eigenvalue weighted by Crippen LogP contribution is 2.18. The molecule has 326 valence electrons. The Kier molecular flexibility index (Phi) is 38.0. The molecular weight excluding hydrogens is 713 g/mol. The third-order valence-electron chi connectivity index (χ3n) is 9.87. The smallest absolute Gasteiger partial charge is 0.306 e. The first-order valence-electron chi connectivity index (χ1n) is 22.5. The molecule has 1 aromatic heterocycles. The molecule has 2 atom stereocenters. The van der Waals surface area contributed by atoms with Crippen LogP contribution in [0.5, 0.6) is 0 Å². The molecule has 3 N–H and O–H groups in total. The molecule has 0 aromatic carbocycles. The fourth-order valence-electron chi connectivity index (χ4n) is 6.36. The lowest BCUT2D eigenvalue weighted by Crippen LogP contribution is -2.33. The molecule has 1 amide bonds. The number of amides is 1. The first-order chi connectivity index (χ1) is 27.3. The number of hydrogen-bond acceptors (Lipinski definition) is 10. The van der Waals surface area contributed by atoms with Crippen LogP contribution in [0.25, 0.3) is 0 Å². The summed E-state index contributed by atoms with van der Waals surface area (Å²) in [5.74, 6) is -0.979. The number of hydrogen-bond donors (Lipinski definition) is 2. The summed E-state index contributed by atoms with van der Waals surface area (Å²) < 4.78 is 21.1. The molecule has 2 heterocycles. The SMILES string of the molecule is CCCCCCCCCCCC(=O)OC.CCCCCCCCCCCC(=O)OC1COCC1OC(=O)CCCCCCCCCCC.NC(=O)c1ncn[nH]1. The Labute approximate surface area is 340 Å². The van der Waals surface area contributed by atoms with Crippen molar-refractivity contribution in [2.75, 3.05) is 20.3 Å². The highest BCUT2D eigenvalue weighted by atomic mass is 16.6. The Morgan fingerprint density at radius 3 is 1.16 bits per heavy atom. The summed E-state index contributed by atoms with van der Waals surface area (Å²) in [6.45, 7) is 7.36. The van der Waals surface area contributed by atoms with Crippen molar-refractivity contribution in [2.24, 2.45) is 5.73 Å². The van der Waals surface area contributed by atoms with Crippen molar-refractivity contribution in [3.05, 3.63) is 12.2 Å². The van der Waals surface area contributed by atoms with Gasteiger partial charge in [0, 0.05) is 19.3 Å². The predicted molar refractivity (Wildman–Crippen MR) is 223 cm³/mol. The monoisotopic (exact) mass is 795 g/mol. The second-order valence-electron chi connectivity index (χ2n) is 15.1. The number of carbonyl (C=O) groups is 4. The van der Waals surface area contributed by atoms with Crippen LogP contribution in [-0.2, 0) is 33.3 Å². The first-order valence-corrected chi connectivity index (χ1v) is 22.5. The lowest BCUT2D eigenvalue weighted by atomic mass is 10.1. The summed E-state index contributed by atoms with van der Waals surface area (Å²) in [7, 11) is 1.45. The van der Waals surface area contributed by atoms with Crippen LogP contribution in [0.15, 0.2) is 6.33 Å². The van der Waals surface area contributed by atoms with E-state index >= 15 is 0 Å². The van der Waals surface area contributed by atoms with Gasteiger partial charge < -0.3 is 24.7 Å². The lowest BCUT2D eigenvalue weighted by molar-refractivity contribution is -0.164. The van der Waals surface area contributed by atoms with E-state index in [0.717, 1.165) is 32.1 Å². The number of unbranched alkanes of at least 4 members (excludes halogenated alkanes) is 24. The molecular formula is C44H82N4O8. The number of methoxy groups -OCH3 is 1. The topological polar surface area (TPSA) is 173 Å². The molecule has 1 fully saturated rings. The van der Waals surface area contributed by atoms with Crippen LogP contribution in [0.3, 0.4) is 0 Å². The van der Waals surface area contributed by atoms with Gasteiger partial charge in [-0.05, 0) is 19.3 Å². The van der Waals surface area contributed by atoms with Gasteiger partial charge in [0.05, 0.1) is 20.3 Å². The van der Waals surface area contributed by atoms with Gasteiger partial charge in [-0.25, -0.2) is 4.98 Å². The quantitative estimate of drug-likeness (QED) is 0.0396. The second kappa shape index (κ2) is 40.2. The van der Waals surface area contributed by atoms with E-state index in [1.54, 1.807) is 0 Å². The first kappa shape index (κ1) is 53.0. The van der Waals surface area contributed by atoms with E-state index in [-0.39, 0.29) is 23.7 Å². The molecule has 1 aliphatic rings. The number of aromatic amines is 1. The van der Waals surface area contributed by atoms with E-state index in [2.05, 4.69) is 40.7 Å². The molecule has 2 rings (SSSR count). The Hall–Kier alpha value is -3.02. The third-order valence-corrected chi connectivity index (χ3v) is 9.87. The Balaban J connectivity index is 0.00000107. The number of primary amides is 1. The van der Waals surface area contributed by atoms with Crippen LogP contribution in [0.1, 0.15) is 224 Å². The number of carbonyl (C=O) groups excluding carboxylic acids is 4. The fourth-order valence-corrected chi connectivity index (χ4v) is 6.36. The van der Waals surface area contributed by atoms with Crippen LogP contribution in [-0.4, -0.2) is 71.5 Å². The highest BCUT2D eigenvalue weighted by molar-refractivity contribution is 5.88. The molecule has 1 saturated heterocycles. The minimum atomic E-state index is -0.595. The highest BCUT2D eigenvalue weighted by Gasteiger charge is 2.34. The number of esters is 3. The van der Waals surface area contributed by atoms with Gasteiger partial charge >= 0.3 is 17.9 Å². The Morgan fingerprint density at radius 2 is 0.893 bits per heavy atom. The molecule has 0 radical (unpaired) electrons. The maximum Gasteiger partial charge on any atom is 0.306 e. The van der Waals surface area contributed by atoms with E-state index in [4.69, 9.17) is 19.9 Å². The minimum Gasteiger partial charge on any atom is -0.469 e. The lowest BCUT2D eigenvalue weighted by Gasteiger charge is -2.18. The molecule has 0 bridgehead atoms. The summed E-state index contributed by atoms with van der Waals surface area (Å²) in [4.78, 5) is 48.8. The zero-order valence-electron chi connectivity index (χ0n) is 36.1. The van der Waals surface area contributed by atoms with Crippen molar-refractivity contribution in [1.29, 1.82) is 0 Å². The van der Waals surface area contributed by atoms with E-state index in [1.807, 2.05) is 0 Å². The van der Waals surface area contributed by atoms with Gasteiger partial charge in [-0.3, -0.25) is 24.3 Å². The van der Waals surface area contributed by atoms with Gasteiger partial charge in [0.2, 0.25) is 5.82 Å². The minimum absolute atomic E-state index is 0.0713. The average molecular weight is 795 g/mol.